The molecule has 3 heteroatoms. The van der Waals surface area contributed by atoms with Crippen molar-refractivity contribution in [2.75, 3.05) is 19.6 Å². The molecule has 0 spiro atoms. The molecule has 2 aliphatic rings. The van der Waals surface area contributed by atoms with Crippen LogP contribution in [0.2, 0.25) is 0 Å². The highest BCUT2D eigenvalue weighted by Gasteiger charge is 2.22. The van der Waals surface area contributed by atoms with Gasteiger partial charge in [0.05, 0.1) is 6.17 Å². The van der Waals surface area contributed by atoms with Crippen molar-refractivity contribution < 1.29 is 0 Å². The van der Waals surface area contributed by atoms with E-state index in [1.807, 2.05) is 6.20 Å². The Kier molecular flexibility index (Phi) is 3.44. The van der Waals surface area contributed by atoms with Gasteiger partial charge in [0, 0.05) is 25.8 Å². The van der Waals surface area contributed by atoms with Crippen LogP contribution in [0, 0.1) is 5.92 Å². The van der Waals surface area contributed by atoms with Gasteiger partial charge in [0.1, 0.15) is 0 Å². The zero-order chi connectivity index (χ0) is 10.7. The van der Waals surface area contributed by atoms with Gasteiger partial charge in [-0.05, 0) is 30.4 Å². The average Bonchev–Trinajstić information content (AvgIpc) is 2.29. The third-order valence-electron chi connectivity index (χ3n) is 3.25. The van der Waals surface area contributed by atoms with Gasteiger partial charge in [-0.1, -0.05) is 13.0 Å². The van der Waals surface area contributed by atoms with Crippen LogP contribution in [0.15, 0.2) is 23.9 Å². The van der Waals surface area contributed by atoms with Crippen LogP contribution in [0.1, 0.15) is 19.8 Å². The van der Waals surface area contributed by atoms with Gasteiger partial charge in [-0.3, -0.25) is 4.90 Å². The largest absolute Gasteiger partial charge is 0.372 e. The van der Waals surface area contributed by atoms with Crippen molar-refractivity contribution >= 4 is 0 Å². The molecule has 2 atom stereocenters. The quantitative estimate of drug-likeness (QED) is 0.711. The zero-order valence-corrected chi connectivity index (χ0v) is 9.45. The molecule has 0 aliphatic carbocycles. The van der Waals surface area contributed by atoms with E-state index >= 15 is 0 Å². The van der Waals surface area contributed by atoms with Crippen molar-refractivity contribution in [2.45, 2.75) is 25.9 Å². The second-order valence-corrected chi connectivity index (χ2v) is 4.64. The van der Waals surface area contributed by atoms with Gasteiger partial charge < -0.3 is 11.1 Å². The Hall–Kier alpha value is -0.800. The second kappa shape index (κ2) is 4.81. The molecule has 0 saturated carbocycles. The highest BCUT2D eigenvalue weighted by atomic mass is 15.3. The Balaban J connectivity index is 1.91. The number of hydrogen-bond acceptors (Lipinski definition) is 3. The summed E-state index contributed by atoms with van der Waals surface area (Å²) in [6, 6.07) is 0. The van der Waals surface area contributed by atoms with Crippen LogP contribution in [0.5, 0.6) is 0 Å². The van der Waals surface area contributed by atoms with Crippen LogP contribution in [0.3, 0.4) is 0 Å². The molecular weight excluding hydrogens is 186 g/mol. The van der Waals surface area contributed by atoms with Gasteiger partial charge >= 0.3 is 0 Å². The van der Waals surface area contributed by atoms with Crippen molar-refractivity contribution in [3.8, 4) is 0 Å². The van der Waals surface area contributed by atoms with Gasteiger partial charge in [-0.15, -0.1) is 0 Å². The van der Waals surface area contributed by atoms with Gasteiger partial charge in [0.25, 0.3) is 0 Å². The van der Waals surface area contributed by atoms with E-state index in [-0.39, 0.29) is 0 Å². The first-order chi connectivity index (χ1) is 7.29. The van der Waals surface area contributed by atoms with Crippen molar-refractivity contribution in [3.05, 3.63) is 23.9 Å². The fourth-order valence-electron chi connectivity index (χ4n) is 2.34. The van der Waals surface area contributed by atoms with E-state index in [4.69, 9.17) is 5.73 Å². The number of nitrogens with one attached hydrogen (secondary N) is 1. The minimum absolute atomic E-state index is 0.378. The van der Waals surface area contributed by atoms with Crippen molar-refractivity contribution in [2.24, 2.45) is 11.7 Å². The maximum Gasteiger partial charge on any atom is 0.0985 e. The standard InChI is InChI=1S/C12H21N3/c1-10-3-2-6-15(9-10)12-5-4-11(7-13)8-14-12/h4-5,8,10,12,14H,2-3,6-7,9,13H2,1H3/t10-,12?/m0/s1. The fraction of sp³-hybridized carbons (Fsp3) is 0.667. The number of rotatable bonds is 2. The van der Waals surface area contributed by atoms with Crippen LogP contribution in [0.4, 0.5) is 0 Å². The summed E-state index contributed by atoms with van der Waals surface area (Å²) in [5.41, 5.74) is 6.75. The summed E-state index contributed by atoms with van der Waals surface area (Å²) < 4.78 is 0. The first-order valence-corrected chi connectivity index (χ1v) is 5.87. The highest BCUT2D eigenvalue weighted by Crippen LogP contribution is 2.18. The predicted molar refractivity (Wildman–Crippen MR) is 63.2 cm³/mol. The summed E-state index contributed by atoms with van der Waals surface area (Å²) in [6.45, 7) is 5.36. The first kappa shape index (κ1) is 10.7. The van der Waals surface area contributed by atoms with Crippen LogP contribution in [0.25, 0.3) is 0 Å². The molecule has 15 heavy (non-hydrogen) atoms. The number of piperidine rings is 1. The van der Waals surface area contributed by atoms with E-state index in [9.17, 15) is 0 Å². The lowest BCUT2D eigenvalue weighted by atomic mass is 9.99. The average molecular weight is 207 g/mol. The molecule has 1 unspecified atom stereocenters. The molecule has 2 rings (SSSR count). The smallest absolute Gasteiger partial charge is 0.0985 e. The van der Waals surface area contributed by atoms with Crippen LogP contribution >= 0.6 is 0 Å². The monoisotopic (exact) mass is 207 g/mol. The van der Waals surface area contributed by atoms with E-state index < -0.39 is 0 Å². The molecule has 2 aliphatic heterocycles. The van der Waals surface area contributed by atoms with Gasteiger partial charge in [0.15, 0.2) is 0 Å². The van der Waals surface area contributed by atoms with E-state index in [0.717, 1.165) is 5.92 Å². The second-order valence-electron chi connectivity index (χ2n) is 4.64. The first-order valence-electron chi connectivity index (χ1n) is 5.87. The van der Waals surface area contributed by atoms with Gasteiger partial charge in [-0.2, -0.15) is 0 Å². The van der Waals surface area contributed by atoms with Crippen LogP contribution in [-0.4, -0.2) is 30.7 Å². The summed E-state index contributed by atoms with van der Waals surface area (Å²) in [5, 5.41) is 3.41. The normalized spacial score (nSPS) is 32.3. The molecule has 1 fully saturated rings. The molecule has 0 aromatic carbocycles. The molecule has 3 nitrogen and oxygen atoms in total. The zero-order valence-electron chi connectivity index (χ0n) is 9.45. The maximum absolute atomic E-state index is 5.58. The molecule has 84 valence electrons. The molecule has 0 aromatic rings. The van der Waals surface area contributed by atoms with Gasteiger partial charge in [-0.25, -0.2) is 0 Å². The summed E-state index contributed by atoms with van der Waals surface area (Å²) >= 11 is 0. The summed E-state index contributed by atoms with van der Waals surface area (Å²) in [4.78, 5) is 2.51. The van der Waals surface area contributed by atoms with E-state index in [1.165, 1.54) is 31.5 Å². The number of nitrogens with two attached hydrogens (primary N) is 1. The Labute approximate surface area is 92.0 Å². The SMILES string of the molecule is C[C@H]1CCCN(C2C=CC(CN)=CN2)C1. The molecule has 0 bridgehead atoms. The summed E-state index contributed by atoms with van der Waals surface area (Å²) in [5.74, 6) is 0.828. The Bertz CT molecular complexity index is 270. The minimum atomic E-state index is 0.378. The predicted octanol–water partition coefficient (Wildman–Crippen LogP) is 1.05. The number of nitrogens with zero attached hydrogens (tertiary/aromatic N) is 1. The van der Waals surface area contributed by atoms with Crippen molar-refractivity contribution in [3.63, 3.8) is 0 Å². The summed E-state index contributed by atoms with van der Waals surface area (Å²) in [7, 11) is 0. The molecule has 2 heterocycles. The molecule has 1 saturated heterocycles. The van der Waals surface area contributed by atoms with E-state index in [1.54, 1.807) is 0 Å². The molecule has 0 amide bonds. The number of dihydropyridines is 1. The molecule has 0 aromatic heterocycles. The Morgan fingerprint density at radius 2 is 2.47 bits per heavy atom. The lowest BCUT2D eigenvalue weighted by molar-refractivity contribution is 0.141. The summed E-state index contributed by atoms with van der Waals surface area (Å²) in [6.07, 6.45) is 9.48. The Morgan fingerprint density at radius 3 is 3.07 bits per heavy atom. The van der Waals surface area contributed by atoms with Crippen LogP contribution < -0.4 is 11.1 Å². The third kappa shape index (κ3) is 2.61. The molecular formula is C12H21N3. The van der Waals surface area contributed by atoms with E-state index in [2.05, 4.69) is 29.3 Å². The lowest BCUT2D eigenvalue weighted by Gasteiger charge is -2.37. The van der Waals surface area contributed by atoms with Gasteiger partial charge in [0.2, 0.25) is 0 Å². The molecule has 0 radical (unpaired) electrons. The van der Waals surface area contributed by atoms with Crippen LogP contribution in [-0.2, 0) is 0 Å². The third-order valence-corrected chi connectivity index (χ3v) is 3.25. The van der Waals surface area contributed by atoms with E-state index in [0.29, 0.717) is 12.7 Å². The maximum atomic E-state index is 5.58. The highest BCUT2D eigenvalue weighted by molar-refractivity contribution is 5.24. The van der Waals surface area contributed by atoms with Crippen molar-refractivity contribution in [1.82, 2.24) is 10.2 Å². The topological polar surface area (TPSA) is 41.3 Å². The van der Waals surface area contributed by atoms with Crippen molar-refractivity contribution in [1.29, 1.82) is 0 Å². The number of likely N-dealkylation sites (tertiary alicyclic amines) is 1. The fourth-order valence-corrected chi connectivity index (χ4v) is 2.34. The lowest BCUT2D eigenvalue weighted by Crippen LogP contribution is -2.48. The molecule has 3 N–H and O–H groups in total. The number of hydrogen-bond donors (Lipinski definition) is 2. The minimum Gasteiger partial charge on any atom is -0.372 e. The Morgan fingerprint density at radius 1 is 1.60 bits per heavy atom.